The van der Waals surface area contributed by atoms with E-state index in [9.17, 15) is 27.9 Å². The summed E-state index contributed by atoms with van der Waals surface area (Å²) >= 11 is 1.15. The van der Waals surface area contributed by atoms with E-state index in [-0.39, 0.29) is 42.9 Å². The minimum atomic E-state index is -4.78. The van der Waals surface area contributed by atoms with Gasteiger partial charge in [-0.2, -0.15) is 0 Å². The second kappa shape index (κ2) is 10.2. The number of ether oxygens (including phenoxy) is 1. The van der Waals surface area contributed by atoms with Gasteiger partial charge < -0.3 is 24.6 Å². The summed E-state index contributed by atoms with van der Waals surface area (Å²) in [4.78, 5) is 35.9. The number of ketones is 1. The van der Waals surface area contributed by atoms with Gasteiger partial charge in [0, 0.05) is 38.1 Å². The van der Waals surface area contributed by atoms with Crippen molar-refractivity contribution in [3.05, 3.63) is 42.0 Å². The van der Waals surface area contributed by atoms with Gasteiger partial charge in [0.1, 0.15) is 5.75 Å². The average Bonchev–Trinajstić information content (AvgIpc) is 3.58. The van der Waals surface area contributed by atoms with Crippen LogP contribution in [0.4, 0.5) is 24.3 Å². The lowest BCUT2D eigenvalue weighted by atomic mass is 10.1. The van der Waals surface area contributed by atoms with Crippen molar-refractivity contribution in [2.24, 2.45) is 7.05 Å². The van der Waals surface area contributed by atoms with Gasteiger partial charge >= 0.3 is 6.36 Å². The van der Waals surface area contributed by atoms with Crippen molar-refractivity contribution in [1.29, 1.82) is 0 Å². The Morgan fingerprint density at radius 3 is 2.74 bits per heavy atom. The van der Waals surface area contributed by atoms with E-state index in [1.54, 1.807) is 34.7 Å². The van der Waals surface area contributed by atoms with Crippen LogP contribution in [0.5, 0.6) is 5.75 Å². The Labute approximate surface area is 218 Å². The van der Waals surface area contributed by atoms with Crippen molar-refractivity contribution < 1.29 is 32.6 Å². The smallest absolute Gasteiger partial charge is 0.406 e. The van der Waals surface area contributed by atoms with E-state index < -0.39 is 6.36 Å². The van der Waals surface area contributed by atoms with Crippen molar-refractivity contribution in [3.63, 3.8) is 0 Å². The molecule has 1 amide bonds. The van der Waals surface area contributed by atoms with E-state index in [1.807, 2.05) is 0 Å². The normalized spacial score (nSPS) is 15.9. The molecule has 2 N–H and O–H groups in total. The number of anilines is 2. The minimum absolute atomic E-state index is 0.0582. The van der Waals surface area contributed by atoms with Crippen LogP contribution in [-0.4, -0.2) is 61.8 Å². The monoisotopic (exact) mass is 547 g/mol. The number of Topliss-reactive ketones (excluding diaryl/α,β-unsaturated/α-hetero) is 1. The fourth-order valence-electron chi connectivity index (χ4n) is 4.60. The van der Waals surface area contributed by atoms with Crippen LogP contribution >= 0.6 is 11.3 Å². The number of fused-ring (bicyclic) bond motifs is 2. The van der Waals surface area contributed by atoms with Crippen LogP contribution in [0, 0.1) is 0 Å². The van der Waals surface area contributed by atoms with E-state index in [4.69, 9.17) is 0 Å². The topological polar surface area (TPSA) is 110 Å². The number of thiazole rings is 1. The molecular weight excluding hydrogens is 523 g/mol. The first-order valence-corrected chi connectivity index (χ1v) is 12.8. The Bertz CT molecular complexity index is 1520. The molecule has 2 aromatic heterocycles. The summed E-state index contributed by atoms with van der Waals surface area (Å²) in [5.74, 6) is -0.193. The van der Waals surface area contributed by atoms with Crippen molar-refractivity contribution in [1.82, 2.24) is 19.4 Å². The number of alkyl halides is 3. The van der Waals surface area contributed by atoms with Gasteiger partial charge in [0.2, 0.25) is 11.9 Å². The molecule has 2 aromatic carbocycles. The highest BCUT2D eigenvalue weighted by atomic mass is 32.1. The number of aryl methyl sites for hydroxylation is 1. The first-order valence-electron chi connectivity index (χ1n) is 11.9. The highest BCUT2D eigenvalue weighted by Gasteiger charge is 2.31. The standard InChI is InChI=1S/C25H24F3N5O4S/c1-32-19-7-4-14(20(35)8-9-22(36)33-10-2-3-15(33)13-34)11-18(19)29-23(32)31-24-30-17-6-5-16(12-21(17)38-24)37-25(26,27)28/h4-7,11-12,15,34H,2-3,8-10,13H2,1H3,(H,29,30,31)/t15-/m0/s1. The van der Waals surface area contributed by atoms with E-state index in [0.717, 1.165) is 29.7 Å². The van der Waals surface area contributed by atoms with Crippen LogP contribution in [0.2, 0.25) is 0 Å². The molecule has 1 aliphatic heterocycles. The molecule has 0 aliphatic carbocycles. The first kappa shape index (κ1) is 25.9. The maximum atomic E-state index is 12.8. The number of likely N-dealkylation sites (tertiary alicyclic amines) is 1. The maximum absolute atomic E-state index is 12.8. The summed E-state index contributed by atoms with van der Waals surface area (Å²) in [6.07, 6.45) is -3.02. The van der Waals surface area contributed by atoms with E-state index in [0.29, 0.717) is 38.9 Å². The number of benzene rings is 2. The SMILES string of the molecule is Cn1c(Nc2nc3ccc(OC(F)(F)F)cc3s2)nc2cc(C(=O)CCC(=O)N3CCC[C@H]3CO)ccc21. The number of aromatic nitrogens is 3. The molecule has 0 spiro atoms. The highest BCUT2D eigenvalue weighted by Crippen LogP contribution is 2.33. The third-order valence-corrected chi connectivity index (χ3v) is 7.42. The lowest BCUT2D eigenvalue weighted by Crippen LogP contribution is -2.37. The second-order valence-electron chi connectivity index (χ2n) is 9.01. The molecule has 4 aromatic rings. The molecule has 9 nitrogen and oxygen atoms in total. The Balaban J connectivity index is 1.29. The number of carbonyl (C=O) groups excluding carboxylic acids is 2. The predicted octanol–water partition coefficient (Wildman–Crippen LogP) is 4.77. The van der Waals surface area contributed by atoms with Gasteiger partial charge in [0.25, 0.3) is 0 Å². The van der Waals surface area contributed by atoms with Gasteiger partial charge in [-0.05, 0) is 43.2 Å². The Morgan fingerprint density at radius 1 is 1.16 bits per heavy atom. The second-order valence-corrected chi connectivity index (χ2v) is 10.0. The van der Waals surface area contributed by atoms with E-state index in [1.165, 1.54) is 18.2 Å². The molecule has 13 heteroatoms. The molecule has 0 radical (unpaired) electrons. The number of amides is 1. The third-order valence-electron chi connectivity index (χ3n) is 6.49. The zero-order valence-corrected chi connectivity index (χ0v) is 21.1. The summed E-state index contributed by atoms with van der Waals surface area (Å²) in [6.45, 7) is 0.530. The fourth-order valence-corrected chi connectivity index (χ4v) is 5.49. The van der Waals surface area contributed by atoms with Crippen molar-refractivity contribution >= 4 is 55.4 Å². The maximum Gasteiger partial charge on any atom is 0.573 e. The van der Waals surface area contributed by atoms with Crippen LogP contribution in [0.3, 0.4) is 0 Å². The van der Waals surface area contributed by atoms with Gasteiger partial charge in [-0.15, -0.1) is 13.2 Å². The Hall–Kier alpha value is -3.71. The van der Waals surface area contributed by atoms with Gasteiger partial charge in [-0.1, -0.05) is 11.3 Å². The minimum Gasteiger partial charge on any atom is -0.406 e. The van der Waals surface area contributed by atoms with Crippen molar-refractivity contribution in [3.8, 4) is 5.75 Å². The lowest BCUT2D eigenvalue weighted by Gasteiger charge is -2.22. The molecule has 3 heterocycles. The molecule has 0 bridgehead atoms. The number of imidazole rings is 1. The molecule has 38 heavy (non-hydrogen) atoms. The molecular formula is C25H24F3N5O4S. The van der Waals surface area contributed by atoms with Crippen molar-refractivity contribution in [2.45, 2.75) is 38.1 Å². The number of carbonyl (C=O) groups is 2. The summed E-state index contributed by atoms with van der Waals surface area (Å²) in [7, 11) is 1.79. The number of aliphatic hydroxyl groups excluding tert-OH is 1. The molecule has 0 unspecified atom stereocenters. The van der Waals surface area contributed by atoms with E-state index >= 15 is 0 Å². The molecule has 1 fully saturated rings. The van der Waals surface area contributed by atoms with Crippen LogP contribution in [-0.2, 0) is 11.8 Å². The summed E-state index contributed by atoms with van der Waals surface area (Å²) in [5.41, 5.74) is 2.26. The van der Waals surface area contributed by atoms with Gasteiger partial charge in [0.15, 0.2) is 10.9 Å². The Morgan fingerprint density at radius 2 is 1.97 bits per heavy atom. The number of nitrogens with zero attached hydrogens (tertiary/aromatic N) is 4. The zero-order valence-electron chi connectivity index (χ0n) is 20.3. The quantitative estimate of drug-likeness (QED) is 0.306. The van der Waals surface area contributed by atoms with E-state index in [2.05, 4.69) is 20.0 Å². The predicted molar refractivity (Wildman–Crippen MR) is 136 cm³/mol. The van der Waals surface area contributed by atoms with Gasteiger partial charge in [0.05, 0.1) is 33.9 Å². The lowest BCUT2D eigenvalue weighted by molar-refractivity contribution is -0.274. The number of aliphatic hydroxyl groups is 1. The van der Waals surface area contributed by atoms with Crippen LogP contribution in [0.1, 0.15) is 36.0 Å². The number of hydrogen-bond donors (Lipinski definition) is 2. The molecule has 5 rings (SSSR count). The molecule has 1 saturated heterocycles. The molecule has 200 valence electrons. The summed E-state index contributed by atoms with van der Waals surface area (Å²) < 4.78 is 43.8. The summed E-state index contributed by atoms with van der Waals surface area (Å²) in [5, 5.41) is 12.9. The number of halogens is 3. The first-order chi connectivity index (χ1) is 18.1. The molecule has 1 aliphatic rings. The van der Waals surface area contributed by atoms with Crippen molar-refractivity contribution in [2.75, 3.05) is 18.5 Å². The summed E-state index contributed by atoms with van der Waals surface area (Å²) in [6, 6.07) is 8.88. The van der Waals surface area contributed by atoms with Crippen LogP contribution in [0.25, 0.3) is 21.3 Å². The average molecular weight is 548 g/mol. The number of rotatable bonds is 8. The molecule has 0 saturated carbocycles. The van der Waals surface area contributed by atoms with Gasteiger partial charge in [-0.3, -0.25) is 9.59 Å². The zero-order chi connectivity index (χ0) is 27.0. The van der Waals surface area contributed by atoms with Crippen LogP contribution in [0.15, 0.2) is 36.4 Å². The number of hydrogen-bond acceptors (Lipinski definition) is 8. The van der Waals surface area contributed by atoms with Crippen LogP contribution < -0.4 is 10.1 Å². The largest absolute Gasteiger partial charge is 0.573 e. The molecule has 1 atom stereocenters. The Kier molecular flexibility index (Phi) is 6.97. The fraction of sp³-hybridized carbons (Fsp3) is 0.360. The number of nitrogens with one attached hydrogen (secondary N) is 1. The van der Waals surface area contributed by atoms with Gasteiger partial charge in [-0.25, -0.2) is 9.97 Å². The highest BCUT2D eigenvalue weighted by molar-refractivity contribution is 7.22. The third kappa shape index (κ3) is 5.43.